The van der Waals surface area contributed by atoms with Crippen molar-refractivity contribution in [2.75, 3.05) is 17.2 Å². The lowest BCUT2D eigenvalue weighted by Gasteiger charge is -2.25. The van der Waals surface area contributed by atoms with E-state index in [1.807, 2.05) is 43.3 Å². The number of rotatable bonds is 9. The molecule has 0 saturated carbocycles. The summed E-state index contributed by atoms with van der Waals surface area (Å²) in [5.74, 6) is -1.20. The summed E-state index contributed by atoms with van der Waals surface area (Å²) >= 11 is 2.64. The van der Waals surface area contributed by atoms with Crippen molar-refractivity contribution in [1.29, 1.82) is 5.26 Å². The Hall–Kier alpha value is -5.18. The number of nitriles is 1. The molecule has 1 atom stereocenters. The van der Waals surface area contributed by atoms with Gasteiger partial charge in [-0.05, 0) is 67.8 Å². The summed E-state index contributed by atoms with van der Waals surface area (Å²) in [7, 11) is 0. The molecule has 1 aliphatic rings. The Morgan fingerprint density at radius 1 is 1.00 bits per heavy atom. The Morgan fingerprint density at radius 2 is 1.74 bits per heavy atom. The van der Waals surface area contributed by atoms with Crippen LogP contribution in [0.2, 0.25) is 0 Å². The van der Waals surface area contributed by atoms with Crippen LogP contribution >= 0.6 is 23.1 Å². The van der Waals surface area contributed by atoms with E-state index in [0.29, 0.717) is 41.3 Å². The van der Waals surface area contributed by atoms with E-state index in [-0.39, 0.29) is 17.5 Å². The predicted octanol–water partition coefficient (Wildman–Crippen LogP) is 6.36. The van der Waals surface area contributed by atoms with Crippen LogP contribution in [0.5, 0.6) is 0 Å². The zero-order valence-electron chi connectivity index (χ0n) is 26.1. The molecule has 3 N–H and O–H groups in total. The number of nitrogens with zero attached hydrogens (tertiary/aromatic N) is 2. The van der Waals surface area contributed by atoms with E-state index in [9.17, 15) is 24.4 Å². The molecule has 4 amide bonds. The standard InChI is InChI=1S/C36H33N5O4S2/c1-22-12-14-25(15-13-22)18-31(39-34(44)26-8-5-4-6-9-26)35(45)38-27-10-7-11-28(19-27)46-23(2)33(43)40-36-30(20-37)29-16-17-41(24(3)42)21-32(29)47-36/h4-15,18-19,23H,16-17,21H2,1-3H3,(H,38,45)(H,39,44)(H,40,43)/b31-18+. The molecule has 5 rings (SSSR count). The number of benzene rings is 3. The molecule has 3 aromatic carbocycles. The van der Waals surface area contributed by atoms with Crippen LogP contribution in [-0.4, -0.2) is 40.3 Å². The van der Waals surface area contributed by atoms with Crippen LogP contribution in [0.4, 0.5) is 10.7 Å². The van der Waals surface area contributed by atoms with Crippen LogP contribution < -0.4 is 16.0 Å². The molecular formula is C36H33N5O4S2. The van der Waals surface area contributed by atoms with E-state index in [1.165, 1.54) is 30.0 Å². The summed E-state index contributed by atoms with van der Waals surface area (Å²) in [5.41, 5.74) is 4.15. The Labute approximate surface area is 281 Å². The predicted molar refractivity (Wildman–Crippen MR) is 186 cm³/mol. The van der Waals surface area contributed by atoms with Crippen molar-refractivity contribution in [1.82, 2.24) is 10.2 Å². The number of thiophene rings is 1. The molecule has 0 aliphatic carbocycles. The molecule has 2 heterocycles. The number of amides is 4. The molecule has 238 valence electrons. The summed E-state index contributed by atoms with van der Waals surface area (Å²) in [6.07, 6.45) is 2.20. The van der Waals surface area contributed by atoms with Crippen molar-refractivity contribution < 1.29 is 19.2 Å². The lowest BCUT2D eigenvalue weighted by atomic mass is 10.0. The molecule has 9 nitrogen and oxygen atoms in total. The molecule has 47 heavy (non-hydrogen) atoms. The van der Waals surface area contributed by atoms with Crippen LogP contribution in [0.15, 0.2) is 89.5 Å². The number of hydrogen-bond acceptors (Lipinski definition) is 7. The van der Waals surface area contributed by atoms with Crippen LogP contribution in [-0.2, 0) is 27.3 Å². The van der Waals surface area contributed by atoms with Crippen LogP contribution in [0, 0.1) is 18.3 Å². The first-order valence-corrected chi connectivity index (χ1v) is 16.6. The van der Waals surface area contributed by atoms with Gasteiger partial charge in [0.05, 0.1) is 17.4 Å². The number of carbonyl (C=O) groups excluding carboxylic acids is 4. The molecule has 0 radical (unpaired) electrons. The van der Waals surface area contributed by atoms with Crippen LogP contribution in [0.25, 0.3) is 6.08 Å². The third kappa shape index (κ3) is 8.35. The summed E-state index contributed by atoms with van der Waals surface area (Å²) in [4.78, 5) is 54.9. The maximum Gasteiger partial charge on any atom is 0.272 e. The minimum atomic E-state index is -0.525. The van der Waals surface area contributed by atoms with E-state index in [0.717, 1.165) is 26.5 Å². The van der Waals surface area contributed by atoms with E-state index < -0.39 is 17.1 Å². The van der Waals surface area contributed by atoms with Crippen molar-refractivity contribution in [2.24, 2.45) is 0 Å². The fraction of sp³-hybridized carbons (Fsp3) is 0.194. The average molecular weight is 664 g/mol. The SMILES string of the molecule is CC(=O)N1CCc2c(sc(NC(=O)C(C)Sc3cccc(NC(=O)/C(=C\c4ccc(C)cc4)NC(=O)c4ccccc4)c3)c2C#N)C1. The van der Waals surface area contributed by atoms with Gasteiger partial charge in [0, 0.05) is 34.5 Å². The third-order valence-corrected chi connectivity index (χ3v) is 9.77. The number of nitrogens with one attached hydrogen (secondary N) is 3. The van der Waals surface area contributed by atoms with Gasteiger partial charge in [-0.3, -0.25) is 19.2 Å². The van der Waals surface area contributed by atoms with Crippen molar-refractivity contribution >= 4 is 63.5 Å². The first-order chi connectivity index (χ1) is 22.6. The first kappa shape index (κ1) is 33.2. The van der Waals surface area contributed by atoms with Gasteiger partial charge in [0.2, 0.25) is 11.8 Å². The fourth-order valence-electron chi connectivity index (χ4n) is 4.97. The zero-order chi connectivity index (χ0) is 33.5. The molecular weight excluding hydrogens is 631 g/mol. The molecule has 0 bridgehead atoms. The highest BCUT2D eigenvalue weighted by Gasteiger charge is 2.27. The van der Waals surface area contributed by atoms with Crippen molar-refractivity contribution in [2.45, 2.75) is 43.9 Å². The van der Waals surface area contributed by atoms with Gasteiger partial charge in [0.1, 0.15) is 16.8 Å². The lowest BCUT2D eigenvalue weighted by Crippen LogP contribution is -2.33. The number of anilines is 2. The topological polar surface area (TPSA) is 131 Å². The largest absolute Gasteiger partial charge is 0.337 e. The Kier molecular flexibility index (Phi) is 10.6. The van der Waals surface area contributed by atoms with E-state index >= 15 is 0 Å². The van der Waals surface area contributed by atoms with Crippen LogP contribution in [0.1, 0.15) is 51.3 Å². The highest BCUT2D eigenvalue weighted by molar-refractivity contribution is 8.00. The number of thioether (sulfide) groups is 1. The molecule has 1 aliphatic heterocycles. The second-order valence-electron chi connectivity index (χ2n) is 11.0. The Balaban J connectivity index is 1.27. The van der Waals surface area contributed by atoms with Gasteiger partial charge in [-0.1, -0.05) is 54.1 Å². The maximum absolute atomic E-state index is 13.5. The first-order valence-electron chi connectivity index (χ1n) is 14.9. The molecule has 0 spiro atoms. The summed E-state index contributed by atoms with van der Waals surface area (Å²) in [6, 6.07) is 25.6. The third-order valence-electron chi connectivity index (χ3n) is 7.54. The van der Waals surface area contributed by atoms with E-state index in [4.69, 9.17) is 0 Å². The Bertz CT molecular complexity index is 1890. The summed E-state index contributed by atoms with van der Waals surface area (Å²) < 4.78 is 0. The van der Waals surface area contributed by atoms with Gasteiger partial charge in [-0.15, -0.1) is 23.1 Å². The van der Waals surface area contributed by atoms with Gasteiger partial charge in [-0.25, -0.2) is 0 Å². The summed E-state index contributed by atoms with van der Waals surface area (Å²) in [5, 5.41) is 18.3. The number of hydrogen-bond donors (Lipinski definition) is 3. The number of fused-ring (bicyclic) bond motifs is 1. The van der Waals surface area contributed by atoms with Gasteiger partial charge < -0.3 is 20.9 Å². The van der Waals surface area contributed by atoms with E-state index in [2.05, 4.69) is 22.0 Å². The molecule has 1 aromatic heterocycles. The van der Waals surface area contributed by atoms with Crippen molar-refractivity contribution in [3.8, 4) is 6.07 Å². The molecule has 0 saturated heterocycles. The molecule has 11 heteroatoms. The van der Waals surface area contributed by atoms with Crippen molar-refractivity contribution in [3.05, 3.63) is 117 Å². The summed E-state index contributed by atoms with van der Waals surface area (Å²) in [6.45, 7) is 6.24. The average Bonchev–Trinajstić information content (AvgIpc) is 3.41. The van der Waals surface area contributed by atoms with Crippen molar-refractivity contribution in [3.63, 3.8) is 0 Å². The minimum Gasteiger partial charge on any atom is -0.337 e. The molecule has 4 aromatic rings. The smallest absolute Gasteiger partial charge is 0.272 e. The van der Waals surface area contributed by atoms with E-state index in [1.54, 1.807) is 60.4 Å². The number of carbonyl (C=O) groups is 4. The highest BCUT2D eigenvalue weighted by atomic mass is 32.2. The van der Waals surface area contributed by atoms with Crippen LogP contribution in [0.3, 0.4) is 0 Å². The fourth-order valence-corrected chi connectivity index (χ4v) is 7.11. The van der Waals surface area contributed by atoms with Gasteiger partial charge in [0.15, 0.2) is 0 Å². The zero-order valence-corrected chi connectivity index (χ0v) is 27.8. The number of aryl methyl sites for hydroxylation is 1. The van der Waals surface area contributed by atoms with Gasteiger partial charge in [-0.2, -0.15) is 5.26 Å². The highest BCUT2D eigenvalue weighted by Crippen LogP contribution is 2.37. The molecule has 0 fully saturated rings. The van der Waals surface area contributed by atoms with Gasteiger partial charge >= 0.3 is 0 Å². The minimum absolute atomic E-state index is 0.0213. The monoisotopic (exact) mass is 663 g/mol. The second kappa shape index (κ2) is 14.9. The second-order valence-corrected chi connectivity index (χ2v) is 13.5. The Morgan fingerprint density at radius 3 is 2.45 bits per heavy atom. The maximum atomic E-state index is 13.5. The van der Waals surface area contributed by atoms with Gasteiger partial charge in [0.25, 0.3) is 11.8 Å². The lowest BCUT2D eigenvalue weighted by molar-refractivity contribution is -0.129. The molecule has 1 unspecified atom stereocenters. The quantitative estimate of drug-likeness (QED) is 0.141. The normalized spacial score (nSPS) is 13.1.